The highest BCUT2D eigenvalue weighted by Gasteiger charge is 2.33. The Morgan fingerprint density at radius 2 is 1.60 bits per heavy atom. The molecule has 1 atom stereocenters. The molecule has 2 amide bonds. The molecule has 0 spiro atoms. The molecule has 0 saturated heterocycles. The molecule has 0 heterocycles. The Hall–Kier alpha value is -3.92. The third-order valence-electron chi connectivity index (χ3n) is 7.46. The Morgan fingerprint density at radius 3 is 2.19 bits per heavy atom. The molecule has 1 unspecified atom stereocenters. The van der Waals surface area contributed by atoms with Crippen LogP contribution in [0.4, 0.5) is 10.1 Å². The summed E-state index contributed by atoms with van der Waals surface area (Å²) in [4.78, 5) is 28.7. The first-order valence-electron chi connectivity index (χ1n) is 14.2. The first-order valence-corrected chi connectivity index (χ1v) is 15.7. The van der Waals surface area contributed by atoms with E-state index in [1.165, 1.54) is 29.2 Å². The van der Waals surface area contributed by atoms with Gasteiger partial charge in [-0.2, -0.15) is 0 Å². The molecule has 0 radical (unpaired) electrons. The van der Waals surface area contributed by atoms with E-state index in [2.05, 4.69) is 5.32 Å². The molecule has 10 heteroatoms. The average molecular weight is 596 g/mol. The fraction of sp³-hybridized carbons (Fsp3) is 0.375. The molecule has 0 aromatic heterocycles. The summed E-state index contributed by atoms with van der Waals surface area (Å²) in [7, 11) is -4.17. The summed E-state index contributed by atoms with van der Waals surface area (Å²) in [5.41, 5.74) is 1.78. The van der Waals surface area contributed by atoms with Crippen molar-refractivity contribution in [2.24, 2.45) is 0 Å². The summed E-state index contributed by atoms with van der Waals surface area (Å²) < 4.78 is 48.1. The van der Waals surface area contributed by atoms with Gasteiger partial charge >= 0.3 is 0 Å². The maximum Gasteiger partial charge on any atom is 0.264 e. The number of carbonyl (C=O) groups is 2. The number of halogens is 1. The summed E-state index contributed by atoms with van der Waals surface area (Å²) >= 11 is 0. The fourth-order valence-corrected chi connectivity index (χ4v) is 6.42. The smallest absolute Gasteiger partial charge is 0.264 e. The van der Waals surface area contributed by atoms with Crippen molar-refractivity contribution in [1.82, 2.24) is 10.2 Å². The van der Waals surface area contributed by atoms with E-state index in [1.807, 2.05) is 13.8 Å². The highest BCUT2D eigenvalue weighted by atomic mass is 32.2. The van der Waals surface area contributed by atoms with Crippen LogP contribution in [0, 0.1) is 12.7 Å². The van der Waals surface area contributed by atoms with E-state index in [4.69, 9.17) is 4.74 Å². The van der Waals surface area contributed by atoms with Crippen LogP contribution in [-0.2, 0) is 26.2 Å². The van der Waals surface area contributed by atoms with Crippen molar-refractivity contribution in [2.45, 2.75) is 70.0 Å². The number of carbonyl (C=O) groups excluding carboxylic acids is 2. The normalized spacial score (nSPS) is 14.3. The maximum atomic E-state index is 14.0. The third kappa shape index (κ3) is 7.67. The molecule has 3 aromatic carbocycles. The molecule has 1 fully saturated rings. The lowest BCUT2D eigenvalue weighted by Gasteiger charge is -2.32. The van der Waals surface area contributed by atoms with E-state index in [9.17, 15) is 22.4 Å². The average Bonchev–Trinajstić information content (AvgIpc) is 3.49. The lowest BCUT2D eigenvalue weighted by molar-refractivity contribution is -0.139. The van der Waals surface area contributed by atoms with E-state index in [-0.39, 0.29) is 29.1 Å². The SMILES string of the molecule is CCOc1ccc(N(CC(=O)N(Cc2ccc(F)cc2)C(C)C(=O)NC2CCCC2)S(=O)(=O)c2ccc(C)cc2)cc1. The van der Waals surface area contributed by atoms with Gasteiger partial charge in [-0.15, -0.1) is 0 Å². The molecular formula is C32H38FN3O5S. The van der Waals surface area contributed by atoms with E-state index in [0.717, 1.165) is 35.6 Å². The van der Waals surface area contributed by atoms with Crippen molar-refractivity contribution >= 4 is 27.5 Å². The molecule has 8 nitrogen and oxygen atoms in total. The Bertz CT molecular complexity index is 1460. The molecule has 1 aliphatic rings. The lowest BCUT2D eigenvalue weighted by Crippen LogP contribution is -2.52. The van der Waals surface area contributed by atoms with Crippen molar-refractivity contribution in [2.75, 3.05) is 17.5 Å². The Labute approximate surface area is 247 Å². The molecule has 1 N–H and O–H groups in total. The summed E-state index contributed by atoms with van der Waals surface area (Å²) in [6.45, 7) is 5.23. The van der Waals surface area contributed by atoms with Crippen LogP contribution in [-0.4, -0.2) is 50.4 Å². The van der Waals surface area contributed by atoms with Gasteiger partial charge in [0.25, 0.3) is 10.0 Å². The van der Waals surface area contributed by atoms with Crippen molar-refractivity contribution in [1.29, 1.82) is 0 Å². The number of ether oxygens (including phenoxy) is 1. The predicted molar refractivity (Wildman–Crippen MR) is 160 cm³/mol. The largest absolute Gasteiger partial charge is 0.494 e. The minimum Gasteiger partial charge on any atom is -0.494 e. The number of anilines is 1. The van der Waals surface area contributed by atoms with Crippen molar-refractivity contribution < 1.29 is 27.1 Å². The van der Waals surface area contributed by atoms with Gasteiger partial charge in [0.1, 0.15) is 24.2 Å². The zero-order valence-corrected chi connectivity index (χ0v) is 25.1. The fourth-order valence-electron chi connectivity index (χ4n) is 5.00. The molecule has 224 valence electrons. The summed E-state index contributed by atoms with van der Waals surface area (Å²) in [6, 6.07) is 17.7. The second kappa shape index (κ2) is 13.8. The van der Waals surface area contributed by atoms with Gasteiger partial charge in [-0.1, -0.05) is 42.7 Å². The van der Waals surface area contributed by atoms with Crippen molar-refractivity contribution in [3.8, 4) is 5.75 Å². The van der Waals surface area contributed by atoms with Gasteiger partial charge in [0.15, 0.2) is 0 Å². The zero-order chi connectivity index (χ0) is 30.3. The molecule has 1 saturated carbocycles. The van der Waals surface area contributed by atoms with Crippen LogP contribution in [0.2, 0.25) is 0 Å². The van der Waals surface area contributed by atoms with Crippen LogP contribution < -0.4 is 14.4 Å². The van der Waals surface area contributed by atoms with E-state index in [0.29, 0.717) is 17.9 Å². The number of hydrogen-bond donors (Lipinski definition) is 1. The third-order valence-corrected chi connectivity index (χ3v) is 9.25. The second-order valence-corrected chi connectivity index (χ2v) is 12.4. The number of sulfonamides is 1. The number of hydrogen-bond acceptors (Lipinski definition) is 5. The first kappa shape index (κ1) is 31.0. The van der Waals surface area contributed by atoms with Gasteiger partial charge in [-0.3, -0.25) is 13.9 Å². The number of aryl methyl sites for hydroxylation is 1. The van der Waals surface area contributed by atoms with Crippen molar-refractivity contribution in [3.63, 3.8) is 0 Å². The van der Waals surface area contributed by atoms with Crippen LogP contribution in [0.15, 0.2) is 77.7 Å². The van der Waals surface area contributed by atoms with Crippen LogP contribution in [0.3, 0.4) is 0 Å². The van der Waals surface area contributed by atoms with Crippen LogP contribution in [0.5, 0.6) is 5.75 Å². The summed E-state index contributed by atoms with van der Waals surface area (Å²) in [5.74, 6) is -0.741. The predicted octanol–water partition coefficient (Wildman–Crippen LogP) is 5.20. The molecule has 1 aliphatic carbocycles. The van der Waals surface area contributed by atoms with Gasteiger partial charge in [-0.25, -0.2) is 12.8 Å². The standard InChI is InChI=1S/C32H38FN3O5S/c1-4-41-29-17-15-28(16-18-29)36(42(39,40)30-19-9-23(2)10-20-30)22-31(37)35(21-25-11-13-26(33)14-12-25)24(3)32(38)34-27-7-5-6-8-27/h9-20,24,27H,4-8,21-22H2,1-3H3,(H,34,38). The van der Waals surface area contributed by atoms with Gasteiger partial charge in [0, 0.05) is 12.6 Å². The monoisotopic (exact) mass is 595 g/mol. The topological polar surface area (TPSA) is 96.0 Å². The first-order chi connectivity index (χ1) is 20.1. The zero-order valence-electron chi connectivity index (χ0n) is 24.3. The lowest BCUT2D eigenvalue weighted by atomic mass is 10.1. The highest BCUT2D eigenvalue weighted by molar-refractivity contribution is 7.92. The summed E-state index contributed by atoms with van der Waals surface area (Å²) in [5, 5.41) is 3.03. The highest BCUT2D eigenvalue weighted by Crippen LogP contribution is 2.27. The van der Waals surface area contributed by atoms with Gasteiger partial charge in [0.05, 0.1) is 17.2 Å². The van der Waals surface area contributed by atoms with Gasteiger partial charge in [0.2, 0.25) is 11.8 Å². The van der Waals surface area contributed by atoms with Crippen molar-refractivity contribution in [3.05, 3.63) is 89.7 Å². The molecule has 42 heavy (non-hydrogen) atoms. The number of nitrogens with one attached hydrogen (secondary N) is 1. The minimum atomic E-state index is -4.17. The van der Waals surface area contributed by atoms with Crippen LogP contribution >= 0.6 is 0 Å². The number of nitrogens with zero attached hydrogens (tertiary/aromatic N) is 2. The van der Waals surface area contributed by atoms with Gasteiger partial charge < -0.3 is 15.0 Å². The van der Waals surface area contributed by atoms with E-state index < -0.39 is 34.3 Å². The Morgan fingerprint density at radius 1 is 0.976 bits per heavy atom. The Balaban J connectivity index is 1.68. The second-order valence-electron chi connectivity index (χ2n) is 10.6. The van der Waals surface area contributed by atoms with Crippen LogP contribution in [0.1, 0.15) is 50.7 Å². The molecule has 4 rings (SSSR count). The quantitative estimate of drug-likeness (QED) is 0.310. The minimum absolute atomic E-state index is 0.0000633. The van der Waals surface area contributed by atoms with Crippen LogP contribution in [0.25, 0.3) is 0 Å². The van der Waals surface area contributed by atoms with Gasteiger partial charge in [-0.05, 0) is 87.7 Å². The number of amides is 2. The summed E-state index contributed by atoms with van der Waals surface area (Å²) in [6.07, 6.45) is 3.83. The number of benzene rings is 3. The van der Waals surface area contributed by atoms with E-state index in [1.54, 1.807) is 55.5 Å². The molecular weight excluding hydrogens is 557 g/mol. The Kier molecular flexibility index (Phi) is 10.2. The molecule has 0 aliphatic heterocycles. The number of rotatable bonds is 12. The molecule has 3 aromatic rings. The maximum absolute atomic E-state index is 14.0. The van der Waals surface area contributed by atoms with E-state index >= 15 is 0 Å². The molecule has 0 bridgehead atoms.